The number of nitrogens with one attached hydrogen (secondary N) is 1. The van der Waals surface area contributed by atoms with Crippen LogP contribution in [0.25, 0.3) is 0 Å². The molecule has 1 saturated carbocycles. The van der Waals surface area contributed by atoms with Crippen LogP contribution in [0, 0.1) is 5.92 Å². The molecule has 3 rings (SSSR count). The predicted molar refractivity (Wildman–Crippen MR) is 73.0 cm³/mol. The lowest BCUT2D eigenvalue weighted by atomic mass is 9.89. The van der Waals surface area contributed by atoms with E-state index in [1.54, 1.807) is 0 Å². The highest BCUT2D eigenvalue weighted by molar-refractivity contribution is 7.15. The quantitative estimate of drug-likeness (QED) is 0.925. The van der Waals surface area contributed by atoms with E-state index in [0.717, 1.165) is 50.1 Å². The molecule has 1 atom stereocenters. The zero-order chi connectivity index (χ0) is 13.1. The van der Waals surface area contributed by atoms with Gasteiger partial charge in [0.1, 0.15) is 11.1 Å². The third kappa shape index (κ3) is 3.12. The average molecular weight is 281 g/mol. The number of nitrogens with zero attached hydrogens (tertiary/aromatic N) is 2. The molecule has 2 aliphatic rings. The minimum Gasteiger partial charge on any atom is -0.371 e. The van der Waals surface area contributed by atoms with Gasteiger partial charge in [-0.25, -0.2) is 0 Å². The molecule has 2 heterocycles. The van der Waals surface area contributed by atoms with Crippen LogP contribution in [0.2, 0.25) is 0 Å². The summed E-state index contributed by atoms with van der Waals surface area (Å²) >= 11 is 1.44. The minimum atomic E-state index is 0.0813. The topological polar surface area (TPSA) is 64.1 Å². The van der Waals surface area contributed by atoms with Gasteiger partial charge >= 0.3 is 0 Å². The second-order valence-corrected chi connectivity index (χ2v) is 6.28. The number of hydrogen-bond acceptors (Lipinski definition) is 5. The molecule has 0 bridgehead atoms. The van der Waals surface area contributed by atoms with Crippen LogP contribution >= 0.6 is 11.3 Å². The molecule has 1 aromatic heterocycles. The first kappa shape index (κ1) is 13.0. The van der Waals surface area contributed by atoms with Crippen LogP contribution in [0.5, 0.6) is 0 Å². The maximum atomic E-state index is 12.1. The van der Waals surface area contributed by atoms with E-state index < -0.39 is 0 Å². The van der Waals surface area contributed by atoms with Crippen LogP contribution in [-0.2, 0) is 9.53 Å². The van der Waals surface area contributed by atoms with Gasteiger partial charge in [-0.05, 0) is 25.7 Å². The van der Waals surface area contributed by atoms with Crippen molar-refractivity contribution in [3.8, 4) is 0 Å². The Morgan fingerprint density at radius 1 is 1.16 bits per heavy atom. The molecule has 19 heavy (non-hydrogen) atoms. The molecule has 1 aromatic rings. The van der Waals surface area contributed by atoms with Crippen molar-refractivity contribution in [2.75, 3.05) is 11.9 Å². The van der Waals surface area contributed by atoms with Crippen molar-refractivity contribution >= 4 is 22.4 Å². The first-order valence-corrected chi connectivity index (χ1v) is 7.90. The SMILES string of the molecule is O=C(Nc1nnc([C@@H]2CCCO2)s1)C1CCCCC1. The Kier molecular flexibility index (Phi) is 4.08. The third-order valence-electron chi connectivity index (χ3n) is 3.85. The fourth-order valence-corrected chi connectivity index (χ4v) is 3.59. The maximum absolute atomic E-state index is 12.1. The summed E-state index contributed by atoms with van der Waals surface area (Å²) in [5.74, 6) is 0.263. The molecule has 104 valence electrons. The molecule has 6 heteroatoms. The first-order valence-electron chi connectivity index (χ1n) is 7.09. The lowest BCUT2D eigenvalue weighted by Crippen LogP contribution is -2.24. The molecule has 1 aliphatic carbocycles. The number of amides is 1. The molecule has 1 aliphatic heterocycles. The van der Waals surface area contributed by atoms with Crippen molar-refractivity contribution in [3.05, 3.63) is 5.01 Å². The highest BCUT2D eigenvalue weighted by atomic mass is 32.1. The van der Waals surface area contributed by atoms with E-state index in [2.05, 4.69) is 15.5 Å². The summed E-state index contributed by atoms with van der Waals surface area (Å²) < 4.78 is 5.57. The number of carbonyl (C=O) groups is 1. The summed E-state index contributed by atoms with van der Waals surface area (Å²) in [7, 11) is 0. The maximum Gasteiger partial charge on any atom is 0.229 e. The summed E-state index contributed by atoms with van der Waals surface area (Å²) in [6.07, 6.45) is 7.75. The normalized spacial score (nSPS) is 24.5. The van der Waals surface area contributed by atoms with Crippen molar-refractivity contribution in [2.24, 2.45) is 5.92 Å². The number of hydrogen-bond donors (Lipinski definition) is 1. The Labute approximate surface area is 116 Å². The van der Waals surface area contributed by atoms with Crippen molar-refractivity contribution in [1.29, 1.82) is 0 Å². The highest BCUT2D eigenvalue weighted by Crippen LogP contribution is 2.32. The first-order chi connectivity index (χ1) is 9.33. The van der Waals surface area contributed by atoms with E-state index in [9.17, 15) is 4.79 Å². The summed E-state index contributed by atoms with van der Waals surface area (Å²) in [5, 5.41) is 12.6. The third-order valence-corrected chi connectivity index (χ3v) is 4.78. The van der Waals surface area contributed by atoms with Gasteiger partial charge in [-0.3, -0.25) is 4.79 Å². The standard InChI is InChI=1S/C13H19N3O2S/c17-11(9-5-2-1-3-6-9)14-13-16-15-12(19-13)10-7-4-8-18-10/h9-10H,1-8H2,(H,14,16,17)/t10-/m0/s1. The fraction of sp³-hybridized carbons (Fsp3) is 0.769. The molecule has 0 spiro atoms. The molecule has 0 unspecified atom stereocenters. The van der Waals surface area contributed by atoms with Crippen molar-refractivity contribution in [1.82, 2.24) is 10.2 Å². The lowest BCUT2D eigenvalue weighted by Gasteiger charge is -2.19. The van der Waals surface area contributed by atoms with E-state index in [-0.39, 0.29) is 17.9 Å². The fourth-order valence-electron chi connectivity index (χ4n) is 2.76. The van der Waals surface area contributed by atoms with Crippen molar-refractivity contribution < 1.29 is 9.53 Å². The monoisotopic (exact) mass is 281 g/mol. The Balaban J connectivity index is 1.58. The van der Waals surface area contributed by atoms with Gasteiger partial charge in [0.05, 0.1) is 0 Å². The van der Waals surface area contributed by atoms with Crippen LogP contribution in [0.1, 0.15) is 56.1 Å². The number of aromatic nitrogens is 2. The largest absolute Gasteiger partial charge is 0.371 e. The summed E-state index contributed by atoms with van der Waals surface area (Å²) in [5.41, 5.74) is 0. The number of anilines is 1. The second kappa shape index (κ2) is 5.96. The van der Waals surface area contributed by atoms with E-state index in [1.165, 1.54) is 17.8 Å². The van der Waals surface area contributed by atoms with Gasteiger partial charge in [-0.2, -0.15) is 0 Å². The van der Waals surface area contributed by atoms with Gasteiger partial charge in [0, 0.05) is 12.5 Å². The van der Waals surface area contributed by atoms with Crippen LogP contribution in [0.4, 0.5) is 5.13 Å². The Morgan fingerprint density at radius 3 is 2.74 bits per heavy atom. The Hall–Kier alpha value is -1.01. The predicted octanol–water partition coefficient (Wildman–Crippen LogP) is 2.91. The van der Waals surface area contributed by atoms with Crippen LogP contribution in [-0.4, -0.2) is 22.7 Å². The molecule has 0 radical (unpaired) electrons. The van der Waals surface area contributed by atoms with E-state index in [1.807, 2.05) is 0 Å². The average Bonchev–Trinajstić information content (AvgIpc) is 3.10. The smallest absolute Gasteiger partial charge is 0.229 e. The van der Waals surface area contributed by atoms with Crippen molar-refractivity contribution in [2.45, 2.75) is 51.0 Å². The van der Waals surface area contributed by atoms with Gasteiger partial charge in [0.2, 0.25) is 11.0 Å². The van der Waals surface area contributed by atoms with Crippen LogP contribution in [0.3, 0.4) is 0 Å². The van der Waals surface area contributed by atoms with Gasteiger partial charge < -0.3 is 10.1 Å². The molecule has 5 nitrogen and oxygen atoms in total. The molecule has 1 amide bonds. The Bertz CT molecular complexity index is 437. The Morgan fingerprint density at radius 2 is 2.00 bits per heavy atom. The molecule has 2 fully saturated rings. The van der Waals surface area contributed by atoms with Gasteiger partial charge in [-0.1, -0.05) is 30.6 Å². The number of ether oxygens (including phenoxy) is 1. The van der Waals surface area contributed by atoms with Crippen LogP contribution in [0.15, 0.2) is 0 Å². The second-order valence-electron chi connectivity index (χ2n) is 5.27. The van der Waals surface area contributed by atoms with Gasteiger partial charge in [0.25, 0.3) is 0 Å². The number of carbonyl (C=O) groups excluding carboxylic acids is 1. The number of rotatable bonds is 3. The van der Waals surface area contributed by atoms with Crippen molar-refractivity contribution in [3.63, 3.8) is 0 Å². The van der Waals surface area contributed by atoms with Gasteiger partial charge in [-0.15, -0.1) is 10.2 Å². The molecular weight excluding hydrogens is 262 g/mol. The summed E-state index contributed by atoms with van der Waals surface area (Å²) in [6, 6.07) is 0. The minimum absolute atomic E-state index is 0.0813. The zero-order valence-corrected chi connectivity index (χ0v) is 11.7. The van der Waals surface area contributed by atoms with Crippen LogP contribution < -0.4 is 5.32 Å². The molecular formula is C13H19N3O2S. The molecule has 1 saturated heterocycles. The van der Waals surface area contributed by atoms with E-state index in [0.29, 0.717) is 5.13 Å². The van der Waals surface area contributed by atoms with E-state index in [4.69, 9.17) is 4.74 Å². The van der Waals surface area contributed by atoms with E-state index >= 15 is 0 Å². The lowest BCUT2D eigenvalue weighted by molar-refractivity contribution is -0.120. The summed E-state index contributed by atoms with van der Waals surface area (Å²) in [6.45, 7) is 0.800. The zero-order valence-electron chi connectivity index (χ0n) is 10.9. The highest BCUT2D eigenvalue weighted by Gasteiger charge is 2.24. The van der Waals surface area contributed by atoms with Gasteiger partial charge in [0.15, 0.2) is 0 Å². The molecule has 0 aromatic carbocycles. The summed E-state index contributed by atoms with van der Waals surface area (Å²) in [4.78, 5) is 12.1. The molecule has 1 N–H and O–H groups in total.